The van der Waals surface area contributed by atoms with E-state index in [1.807, 2.05) is 43.3 Å². The van der Waals surface area contributed by atoms with Gasteiger partial charge in [0, 0.05) is 22.9 Å². The molecular weight excluding hydrogens is 330 g/mol. The van der Waals surface area contributed by atoms with E-state index in [4.69, 9.17) is 15.0 Å². The number of ether oxygens (including phenoxy) is 1. The summed E-state index contributed by atoms with van der Waals surface area (Å²) in [6.07, 6.45) is 2.46. The Morgan fingerprint density at radius 2 is 2.04 bits per heavy atom. The van der Waals surface area contributed by atoms with Crippen molar-refractivity contribution in [2.45, 2.75) is 19.9 Å². The zero-order valence-corrected chi connectivity index (χ0v) is 14.8. The van der Waals surface area contributed by atoms with Gasteiger partial charge in [0.1, 0.15) is 17.3 Å². The number of hydrogen-bond donors (Lipinski definition) is 2. The van der Waals surface area contributed by atoms with Crippen LogP contribution < -0.4 is 15.8 Å². The fraction of sp³-hybridized carbons (Fsp3) is 0.211. The third-order valence-electron chi connectivity index (χ3n) is 3.95. The first-order valence-electron chi connectivity index (χ1n) is 8.18. The summed E-state index contributed by atoms with van der Waals surface area (Å²) >= 11 is 0. The SMILES string of the molecule is C=CCc1c(C)nc(N)nc1NCc1cc(-c2ccc(OC)cc2)no1. The van der Waals surface area contributed by atoms with Crippen LogP contribution in [0.5, 0.6) is 5.75 Å². The minimum atomic E-state index is 0.231. The molecule has 0 aliphatic heterocycles. The summed E-state index contributed by atoms with van der Waals surface area (Å²) in [7, 11) is 1.64. The van der Waals surface area contributed by atoms with E-state index < -0.39 is 0 Å². The number of aromatic nitrogens is 3. The number of rotatable bonds is 7. The monoisotopic (exact) mass is 351 g/mol. The number of nitrogen functional groups attached to an aromatic ring is 1. The second kappa shape index (κ2) is 7.69. The van der Waals surface area contributed by atoms with Crippen LogP contribution in [0.1, 0.15) is 17.0 Å². The van der Waals surface area contributed by atoms with Crippen LogP contribution >= 0.6 is 0 Å². The Labute approximate surface area is 151 Å². The lowest BCUT2D eigenvalue weighted by atomic mass is 10.1. The van der Waals surface area contributed by atoms with Crippen LogP contribution in [0.4, 0.5) is 11.8 Å². The number of anilines is 2. The molecule has 0 unspecified atom stereocenters. The molecule has 7 heteroatoms. The van der Waals surface area contributed by atoms with E-state index in [1.165, 1.54) is 0 Å². The quantitative estimate of drug-likeness (QED) is 0.630. The number of benzene rings is 1. The molecule has 7 nitrogen and oxygen atoms in total. The Morgan fingerprint density at radius 1 is 1.27 bits per heavy atom. The Balaban J connectivity index is 1.75. The standard InChI is InChI=1S/C19H21N5O2/c1-4-5-16-12(2)22-19(20)23-18(16)21-11-15-10-17(24-26-15)13-6-8-14(25-3)9-7-13/h4,6-10H,1,5,11H2,2-3H3,(H3,20,21,22,23). The summed E-state index contributed by atoms with van der Waals surface area (Å²) in [6.45, 7) is 6.11. The van der Waals surface area contributed by atoms with Gasteiger partial charge in [-0.25, -0.2) is 4.98 Å². The number of methoxy groups -OCH3 is 1. The Bertz CT molecular complexity index is 903. The number of aryl methyl sites for hydroxylation is 1. The minimum Gasteiger partial charge on any atom is -0.497 e. The van der Waals surface area contributed by atoms with Gasteiger partial charge >= 0.3 is 0 Å². The van der Waals surface area contributed by atoms with Gasteiger partial charge < -0.3 is 20.3 Å². The van der Waals surface area contributed by atoms with Gasteiger partial charge in [0.05, 0.1) is 13.7 Å². The highest BCUT2D eigenvalue weighted by Gasteiger charge is 2.11. The smallest absolute Gasteiger partial charge is 0.222 e. The first-order valence-corrected chi connectivity index (χ1v) is 8.18. The highest BCUT2D eigenvalue weighted by Crippen LogP contribution is 2.23. The van der Waals surface area contributed by atoms with Crippen molar-refractivity contribution >= 4 is 11.8 Å². The van der Waals surface area contributed by atoms with Crippen molar-refractivity contribution in [3.63, 3.8) is 0 Å². The van der Waals surface area contributed by atoms with Gasteiger partial charge in [-0.2, -0.15) is 4.98 Å². The second-order valence-electron chi connectivity index (χ2n) is 5.75. The third kappa shape index (κ3) is 3.83. The fourth-order valence-electron chi connectivity index (χ4n) is 2.62. The van der Waals surface area contributed by atoms with E-state index in [1.54, 1.807) is 7.11 Å². The van der Waals surface area contributed by atoms with Crippen LogP contribution in [-0.2, 0) is 13.0 Å². The van der Waals surface area contributed by atoms with Crippen LogP contribution in [0.2, 0.25) is 0 Å². The highest BCUT2D eigenvalue weighted by atomic mass is 16.5. The van der Waals surface area contributed by atoms with Gasteiger partial charge in [-0.15, -0.1) is 6.58 Å². The maximum Gasteiger partial charge on any atom is 0.222 e. The molecule has 0 saturated heterocycles. The lowest BCUT2D eigenvalue weighted by Crippen LogP contribution is -2.09. The minimum absolute atomic E-state index is 0.231. The van der Waals surface area contributed by atoms with Crippen molar-refractivity contribution in [3.8, 4) is 17.0 Å². The van der Waals surface area contributed by atoms with Gasteiger partial charge in [-0.05, 0) is 37.6 Å². The van der Waals surface area contributed by atoms with Crippen molar-refractivity contribution in [1.29, 1.82) is 0 Å². The molecule has 3 N–H and O–H groups in total. The molecule has 0 atom stereocenters. The van der Waals surface area contributed by atoms with Crippen molar-refractivity contribution < 1.29 is 9.26 Å². The predicted octanol–water partition coefficient (Wildman–Crippen LogP) is 3.37. The number of nitrogens with one attached hydrogen (secondary N) is 1. The number of nitrogens with two attached hydrogens (primary N) is 1. The molecule has 0 saturated carbocycles. The van der Waals surface area contributed by atoms with E-state index in [0.717, 1.165) is 28.3 Å². The third-order valence-corrected chi connectivity index (χ3v) is 3.95. The molecule has 1 aromatic carbocycles. The molecule has 0 aliphatic carbocycles. The molecule has 2 aromatic heterocycles. The topological polar surface area (TPSA) is 99.1 Å². The average molecular weight is 351 g/mol. The largest absolute Gasteiger partial charge is 0.497 e. The van der Waals surface area contributed by atoms with E-state index >= 15 is 0 Å². The molecule has 3 aromatic rings. The lowest BCUT2D eigenvalue weighted by molar-refractivity contribution is 0.390. The number of nitrogens with zero attached hydrogens (tertiary/aromatic N) is 3. The summed E-state index contributed by atoms with van der Waals surface area (Å²) < 4.78 is 10.6. The van der Waals surface area contributed by atoms with Crippen LogP contribution in [0.25, 0.3) is 11.3 Å². The summed E-state index contributed by atoms with van der Waals surface area (Å²) in [6, 6.07) is 9.53. The van der Waals surface area contributed by atoms with Crippen LogP contribution in [0.15, 0.2) is 47.5 Å². The van der Waals surface area contributed by atoms with Crippen molar-refractivity contribution in [3.05, 3.63) is 60.0 Å². The predicted molar refractivity (Wildman–Crippen MR) is 101 cm³/mol. The number of allylic oxidation sites excluding steroid dienone is 1. The van der Waals surface area contributed by atoms with E-state index in [-0.39, 0.29) is 5.95 Å². The first kappa shape index (κ1) is 17.5. The van der Waals surface area contributed by atoms with Gasteiger partial charge in [-0.3, -0.25) is 0 Å². The molecule has 0 amide bonds. The molecule has 2 heterocycles. The second-order valence-corrected chi connectivity index (χ2v) is 5.75. The summed E-state index contributed by atoms with van der Waals surface area (Å²) in [4.78, 5) is 8.48. The van der Waals surface area contributed by atoms with E-state index in [0.29, 0.717) is 24.5 Å². The normalized spacial score (nSPS) is 10.5. The molecule has 0 spiro atoms. The highest BCUT2D eigenvalue weighted by molar-refractivity contribution is 5.60. The van der Waals surface area contributed by atoms with Crippen molar-refractivity contribution in [2.75, 3.05) is 18.2 Å². The molecular formula is C19H21N5O2. The van der Waals surface area contributed by atoms with Crippen LogP contribution in [0.3, 0.4) is 0 Å². The Hall–Kier alpha value is -3.35. The summed E-state index contributed by atoms with van der Waals surface area (Å²) in [5.41, 5.74) is 9.27. The Kier molecular flexibility index (Phi) is 5.17. The van der Waals surface area contributed by atoms with Crippen molar-refractivity contribution in [1.82, 2.24) is 15.1 Å². The molecule has 0 aliphatic rings. The van der Waals surface area contributed by atoms with Gasteiger partial charge in [0.25, 0.3) is 0 Å². The van der Waals surface area contributed by atoms with Crippen LogP contribution in [0, 0.1) is 6.92 Å². The maximum atomic E-state index is 5.76. The van der Waals surface area contributed by atoms with Crippen molar-refractivity contribution in [2.24, 2.45) is 0 Å². The maximum absolute atomic E-state index is 5.76. The van der Waals surface area contributed by atoms with E-state index in [9.17, 15) is 0 Å². The summed E-state index contributed by atoms with van der Waals surface area (Å²) in [5, 5.41) is 7.37. The van der Waals surface area contributed by atoms with Gasteiger partial charge in [-0.1, -0.05) is 11.2 Å². The molecule has 0 fully saturated rings. The van der Waals surface area contributed by atoms with Gasteiger partial charge in [0.15, 0.2) is 5.76 Å². The number of hydrogen-bond acceptors (Lipinski definition) is 7. The summed E-state index contributed by atoms with van der Waals surface area (Å²) in [5.74, 6) is 2.40. The van der Waals surface area contributed by atoms with Gasteiger partial charge in [0.2, 0.25) is 5.95 Å². The zero-order valence-electron chi connectivity index (χ0n) is 14.8. The zero-order chi connectivity index (χ0) is 18.5. The lowest BCUT2D eigenvalue weighted by Gasteiger charge is -2.11. The molecule has 134 valence electrons. The molecule has 0 radical (unpaired) electrons. The van der Waals surface area contributed by atoms with Crippen LogP contribution in [-0.4, -0.2) is 22.2 Å². The average Bonchev–Trinajstić information content (AvgIpc) is 3.11. The Morgan fingerprint density at radius 3 is 2.73 bits per heavy atom. The molecule has 26 heavy (non-hydrogen) atoms. The van der Waals surface area contributed by atoms with E-state index in [2.05, 4.69) is 27.0 Å². The molecule has 0 bridgehead atoms. The molecule has 3 rings (SSSR count). The fourth-order valence-corrected chi connectivity index (χ4v) is 2.62. The first-order chi connectivity index (χ1) is 12.6.